The van der Waals surface area contributed by atoms with Crippen LogP contribution in [0.3, 0.4) is 0 Å². The van der Waals surface area contributed by atoms with Crippen molar-refractivity contribution >= 4 is 28.5 Å². The molecule has 2 amide bonds. The molecule has 1 aliphatic rings. The summed E-state index contributed by atoms with van der Waals surface area (Å²) in [5.41, 5.74) is 1.11. The van der Waals surface area contributed by atoms with E-state index in [1.807, 2.05) is 30.3 Å². The summed E-state index contributed by atoms with van der Waals surface area (Å²) in [5.74, 6) is 0.411. The van der Waals surface area contributed by atoms with Gasteiger partial charge in [0.15, 0.2) is 0 Å². The van der Waals surface area contributed by atoms with Crippen LogP contribution in [-0.4, -0.2) is 53.5 Å². The number of carbonyl (C=O) groups is 2. The van der Waals surface area contributed by atoms with Gasteiger partial charge in [0, 0.05) is 18.1 Å². The van der Waals surface area contributed by atoms with Crippen LogP contribution < -0.4 is 10.1 Å². The SMILES string of the molecule is COc1cccc2cccc(C(=O)Nc3cnn(CCN4CCOC4=O)c3)c12. The quantitative estimate of drug-likeness (QED) is 0.711. The molecular weight excluding hydrogens is 360 g/mol. The molecular formula is C20H20N4O4. The maximum absolute atomic E-state index is 12.8. The number of nitrogens with one attached hydrogen (secondary N) is 1. The van der Waals surface area contributed by atoms with Crippen LogP contribution in [0.2, 0.25) is 0 Å². The number of anilines is 1. The topological polar surface area (TPSA) is 85.7 Å². The number of ether oxygens (including phenoxy) is 2. The molecule has 1 N–H and O–H groups in total. The van der Waals surface area contributed by atoms with E-state index in [1.165, 1.54) is 0 Å². The Kier molecular flexibility index (Phi) is 4.84. The summed E-state index contributed by atoms with van der Waals surface area (Å²) >= 11 is 0. The van der Waals surface area contributed by atoms with E-state index in [0.717, 1.165) is 10.8 Å². The summed E-state index contributed by atoms with van der Waals surface area (Å²) in [6, 6.07) is 11.2. The van der Waals surface area contributed by atoms with Gasteiger partial charge < -0.3 is 19.7 Å². The smallest absolute Gasteiger partial charge is 0.410 e. The molecule has 1 saturated heterocycles. The Morgan fingerprint density at radius 3 is 2.82 bits per heavy atom. The highest BCUT2D eigenvalue weighted by Crippen LogP contribution is 2.29. The molecule has 0 saturated carbocycles. The lowest BCUT2D eigenvalue weighted by molar-refractivity contribution is 0.102. The predicted octanol–water partition coefficient (Wildman–Crippen LogP) is 2.75. The Morgan fingerprint density at radius 2 is 2.07 bits per heavy atom. The van der Waals surface area contributed by atoms with E-state index >= 15 is 0 Å². The first-order valence-corrected chi connectivity index (χ1v) is 8.97. The maximum atomic E-state index is 12.8. The van der Waals surface area contributed by atoms with Crippen LogP contribution in [0.15, 0.2) is 48.8 Å². The van der Waals surface area contributed by atoms with Crippen molar-refractivity contribution in [2.45, 2.75) is 6.54 Å². The lowest BCUT2D eigenvalue weighted by Crippen LogP contribution is -2.28. The van der Waals surface area contributed by atoms with Gasteiger partial charge in [-0.3, -0.25) is 9.48 Å². The molecule has 1 fully saturated rings. The number of fused-ring (bicyclic) bond motifs is 1. The third-order valence-corrected chi connectivity index (χ3v) is 4.67. The average Bonchev–Trinajstić information content (AvgIpc) is 3.33. The molecule has 0 aliphatic carbocycles. The van der Waals surface area contributed by atoms with Crippen molar-refractivity contribution in [3.8, 4) is 5.75 Å². The van der Waals surface area contributed by atoms with E-state index in [0.29, 0.717) is 43.2 Å². The number of carbonyl (C=O) groups excluding carboxylic acids is 2. The van der Waals surface area contributed by atoms with Crippen LogP contribution >= 0.6 is 0 Å². The van der Waals surface area contributed by atoms with Crippen LogP contribution in [0.25, 0.3) is 10.8 Å². The van der Waals surface area contributed by atoms with Crippen molar-refractivity contribution in [3.05, 3.63) is 54.4 Å². The Morgan fingerprint density at radius 1 is 1.25 bits per heavy atom. The number of hydrogen-bond acceptors (Lipinski definition) is 5. The molecule has 1 aromatic heterocycles. The molecule has 4 rings (SSSR count). The number of amides is 2. The van der Waals surface area contributed by atoms with Gasteiger partial charge in [-0.15, -0.1) is 0 Å². The van der Waals surface area contributed by atoms with E-state index in [4.69, 9.17) is 9.47 Å². The highest BCUT2D eigenvalue weighted by atomic mass is 16.6. The second-order valence-corrected chi connectivity index (χ2v) is 6.41. The number of hydrogen-bond donors (Lipinski definition) is 1. The fourth-order valence-corrected chi connectivity index (χ4v) is 3.27. The van der Waals surface area contributed by atoms with Crippen molar-refractivity contribution in [1.29, 1.82) is 0 Å². The Hall–Kier alpha value is -3.55. The molecule has 0 radical (unpaired) electrons. The van der Waals surface area contributed by atoms with Crippen molar-refractivity contribution in [3.63, 3.8) is 0 Å². The molecule has 1 aliphatic heterocycles. The zero-order valence-corrected chi connectivity index (χ0v) is 15.4. The number of cyclic esters (lactones) is 1. The number of nitrogens with zero attached hydrogens (tertiary/aromatic N) is 3. The second-order valence-electron chi connectivity index (χ2n) is 6.41. The summed E-state index contributed by atoms with van der Waals surface area (Å²) < 4.78 is 12.0. The van der Waals surface area contributed by atoms with Crippen molar-refractivity contribution in [2.75, 3.05) is 32.1 Å². The minimum absolute atomic E-state index is 0.238. The molecule has 8 heteroatoms. The molecule has 0 bridgehead atoms. The minimum Gasteiger partial charge on any atom is -0.496 e. The third kappa shape index (κ3) is 3.48. The lowest BCUT2D eigenvalue weighted by Gasteiger charge is -2.12. The van der Waals surface area contributed by atoms with Gasteiger partial charge in [-0.1, -0.05) is 24.3 Å². The lowest BCUT2D eigenvalue weighted by atomic mass is 10.0. The van der Waals surface area contributed by atoms with Gasteiger partial charge >= 0.3 is 6.09 Å². The summed E-state index contributed by atoms with van der Waals surface area (Å²) in [6.45, 7) is 2.04. The number of rotatable bonds is 6. The van der Waals surface area contributed by atoms with Crippen molar-refractivity contribution < 1.29 is 19.1 Å². The number of methoxy groups -OCH3 is 1. The summed E-state index contributed by atoms with van der Waals surface area (Å²) in [6.07, 6.45) is 3.02. The maximum Gasteiger partial charge on any atom is 0.410 e. The zero-order chi connectivity index (χ0) is 19.5. The molecule has 144 valence electrons. The van der Waals surface area contributed by atoms with E-state index in [-0.39, 0.29) is 12.0 Å². The first kappa shape index (κ1) is 17.8. The normalized spacial score (nSPS) is 13.6. The van der Waals surface area contributed by atoms with Gasteiger partial charge in [-0.2, -0.15) is 5.10 Å². The van der Waals surface area contributed by atoms with Gasteiger partial charge in [0.05, 0.1) is 37.6 Å². The first-order valence-electron chi connectivity index (χ1n) is 8.97. The molecule has 2 aromatic carbocycles. The van der Waals surface area contributed by atoms with E-state index in [2.05, 4.69) is 10.4 Å². The van der Waals surface area contributed by atoms with E-state index in [1.54, 1.807) is 35.2 Å². The molecule has 0 unspecified atom stereocenters. The molecule has 0 spiro atoms. The van der Waals surface area contributed by atoms with Crippen molar-refractivity contribution in [1.82, 2.24) is 14.7 Å². The van der Waals surface area contributed by atoms with E-state index in [9.17, 15) is 9.59 Å². The Bertz CT molecular complexity index is 1020. The fraction of sp³-hybridized carbons (Fsp3) is 0.250. The number of benzene rings is 2. The number of aromatic nitrogens is 2. The first-order chi connectivity index (χ1) is 13.7. The fourth-order valence-electron chi connectivity index (χ4n) is 3.27. The van der Waals surface area contributed by atoms with Crippen LogP contribution in [0.4, 0.5) is 10.5 Å². The van der Waals surface area contributed by atoms with Gasteiger partial charge in [-0.05, 0) is 17.5 Å². The molecule has 3 aromatic rings. The van der Waals surface area contributed by atoms with Gasteiger partial charge in [0.1, 0.15) is 12.4 Å². The summed E-state index contributed by atoms with van der Waals surface area (Å²) in [4.78, 5) is 25.9. The molecule has 0 atom stereocenters. The molecule has 28 heavy (non-hydrogen) atoms. The molecule has 2 heterocycles. The van der Waals surface area contributed by atoms with Gasteiger partial charge in [-0.25, -0.2) is 4.79 Å². The van der Waals surface area contributed by atoms with Crippen LogP contribution in [0.5, 0.6) is 5.75 Å². The second kappa shape index (κ2) is 7.59. The Balaban J connectivity index is 1.48. The monoisotopic (exact) mass is 380 g/mol. The zero-order valence-electron chi connectivity index (χ0n) is 15.4. The van der Waals surface area contributed by atoms with E-state index < -0.39 is 0 Å². The summed E-state index contributed by atoms with van der Waals surface area (Å²) in [5, 5.41) is 8.82. The summed E-state index contributed by atoms with van der Waals surface area (Å²) in [7, 11) is 1.59. The highest BCUT2D eigenvalue weighted by Gasteiger charge is 2.21. The largest absolute Gasteiger partial charge is 0.496 e. The van der Waals surface area contributed by atoms with Crippen molar-refractivity contribution in [2.24, 2.45) is 0 Å². The molecule has 8 nitrogen and oxygen atoms in total. The Labute approximate surface area is 161 Å². The van der Waals surface area contributed by atoms with Crippen LogP contribution in [-0.2, 0) is 11.3 Å². The minimum atomic E-state index is -0.300. The van der Waals surface area contributed by atoms with Gasteiger partial charge in [0.25, 0.3) is 5.91 Å². The highest BCUT2D eigenvalue weighted by molar-refractivity contribution is 6.14. The average molecular weight is 380 g/mol. The van der Waals surface area contributed by atoms with Crippen LogP contribution in [0, 0.1) is 0 Å². The van der Waals surface area contributed by atoms with Gasteiger partial charge in [0.2, 0.25) is 0 Å². The van der Waals surface area contributed by atoms with Crippen LogP contribution in [0.1, 0.15) is 10.4 Å². The standard InChI is InChI=1S/C20H20N4O4/c1-27-17-7-3-5-14-4-2-6-16(18(14)17)19(25)22-15-12-21-24(13-15)9-8-23-10-11-28-20(23)26/h2-7,12-13H,8-11H2,1H3,(H,22,25). The third-order valence-electron chi connectivity index (χ3n) is 4.67. The predicted molar refractivity (Wildman–Crippen MR) is 104 cm³/mol.